The minimum Gasteiger partial charge on any atom is -0.379 e. The zero-order valence-corrected chi connectivity index (χ0v) is 15.4. The van der Waals surface area contributed by atoms with Gasteiger partial charge in [0.1, 0.15) is 0 Å². The molecule has 0 fully saturated rings. The molecule has 0 radical (unpaired) electrons. The number of ether oxygens (including phenoxy) is 6. The Balaban J connectivity index is 3.30. The van der Waals surface area contributed by atoms with Gasteiger partial charge >= 0.3 is 0 Å². The van der Waals surface area contributed by atoms with Gasteiger partial charge in [0.05, 0.1) is 26.4 Å². The molecule has 2 unspecified atom stereocenters. The molecule has 23 heavy (non-hydrogen) atoms. The molecule has 0 aliphatic carbocycles. The second-order valence-electron chi connectivity index (χ2n) is 5.26. The number of hydrogen-bond acceptors (Lipinski definition) is 6. The molecule has 6 heteroatoms. The molecule has 0 bridgehead atoms. The summed E-state index contributed by atoms with van der Waals surface area (Å²) in [7, 11) is 0. The first kappa shape index (κ1) is 22.8. The molecular weight excluding hydrogens is 300 g/mol. The van der Waals surface area contributed by atoms with E-state index in [4.69, 9.17) is 28.4 Å². The predicted octanol–water partition coefficient (Wildman–Crippen LogP) is 3.34. The third kappa shape index (κ3) is 17.9. The van der Waals surface area contributed by atoms with Crippen LogP contribution in [0.5, 0.6) is 0 Å². The van der Waals surface area contributed by atoms with E-state index in [1.54, 1.807) is 0 Å². The standard InChI is InChI=1S/C17H36O6/c1-5-7-9-18-11-13-20-16(3)22-15-23-17(4)21-14-12-19-10-8-6-2/h16-17H,5-15H2,1-4H3. The van der Waals surface area contributed by atoms with Crippen LogP contribution in [-0.2, 0) is 28.4 Å². The molecule has 0 rings (SSSR count). The van der Waals surface area contributed by atoms with Crippen LogP contribution >= 0.6 is 0 Å². The van der Waals surface area contributed by atoms with E-state index in [-0.39, 0.29) is 19.4 Å². The fourth-order valence-electron chi connectivity index (χ4n) is 1.57. The molecule has 0 saturated carbocycles. The maximum atomic E-state index is 5.45. The normalized spacial score (nSPS) is 14.1. The lowest BCUT2D eigenvalue weighted by atomic mass is 10.4. The van der Waals surface area contributed by atoms with Crippen molar-refractivity contribution in [3.8, 4) is 0 Å². The van der Waals surface area contributed by atoms with Crippen LogP contribution in [0.15, 0.2) is 0 Å². The van der Waals surface area contributed by atoms with E-state index in [0.29, 0.717) is 26.4 Å². The fourth-order valence-corrected chi connectivity index (χ4v) is 1.57. The zero-order chi connectivity index (χ0) is 17.2. The highest BCUT2D eigenvalue weighted by molar-refractivity contribution is 4.37. The van der Waals surface area contributed by atoms with Crippen LogP contribution in [0.4, 0.5) is 0 Å². The van der Waals surface area contributed by atoms with E-state index < -0.39 is 0 Å². The van der Waals surface area contributed by atoms with Crippen LogP contribution in [0, 0.1) is 0 Å². The molecule has 0 saturated heterocycles. The van der Waals surface area contributed by atoms with Crippen molar-refractivity contribution in [3.63, 3.8) is 0 Å². The first-order chi connectivity index (χ1) is 11.2. The highest BCUT2D eigenvalue weighted by atomic mass is 16.8. The smallest absolute Gasteiger partial charge is 0.157 e. The van der Waals surface area contributed by atoms with Gasteiger partial charge < -0.3 is 28.4 Å². The maximum absolute atomic E-state index is 5.45. The van der Waals surface area contributed by atoms with Crippen molar-refractivity contribution in [3.05, 3.63) is 0 Å². The number of rotatable bonds is 18. The first-order valence-corrected chi connectivity index (χ1v) is 8.82. The van der Waals surface area contributed by atoms with Crippen molar-refractivity contribution in [2.75, 3.05) is 46.4 Å². The molecule has 0 spiro atoms. The van der Waals surface area contributed by atoms with Crippen molar-refractivity contribution < 1.29 is 28.4 Å². The van der Waals surface area contributed by atoms with E-state index >= 15 is 0 Å². The summed E-state index contributed by atoms with van der Waals surface area (Å²) in [5, 5.41) is 0. The minimum absolute atomic E-state index is 0.135. The lowest BCUT2D eigenvalue weighted by Crippen LogP contribution is -2.22. The second kappa shape index (κ2) is 18.1. The Kier molecular flexibility index (Phi) is 17.9. The monoisotopic (exact) mass is 336 g/mol. The van der Waals surface area contributed by atoms with Gasteiger partial charge in [0, 0.05) is 13.2 Å². The van der Waals surface area contributed by atoms with Crippen molar-refractivity contribution in [2.45, 2.75) is 66.0 Å². The van der Waals surface area contributed by atoms with Crippen molar-refractivity contribution in [2.24, 2.45) is 0 Å². The summed E-state index contributed by atoms with van der Waals surface area (Å²) < 4.78 is 32.5. The molecule has 0 aliphatic heterocycles. The van der Waals surface area contributed by atoms with Gasteiger partial charge in [-0.2, -0.15) is 0 Å². The summed E-state index contributed by atoms with van der Waals surface area (Å²) >= 11 is 0. The van der Waals surface area contributed by atoms with Gasteiger partial charge in [-0.1, -0.05) is 26.7 Å². The predicted molar refractivity (Wildman–Crippen MR) is 89.3 cm³/mol. The Morgan fingerprint density at radius 2 is 1.00 bits per heavy atom. The third-order valence-electron chi connectivity index (χ3n) is 3.05. The Bertz CT molecular complexity index is 205. The number of unbranched alkanes of at least 4 members (excludes halogenated alkanes) is 2. The number of hydrogen-bond donors (Lipinski definition) is 0. The van der Waals surface area contributed by atoms with E-state index in [1.807, 2.05) is 13.8 Å². The lowest BCUT2D eigenvalue weighted by molar-refractivity contribution is -0.239. The van der Waals surface area contributed by atoms with Crippen molar-refractivity contribution in [1.29, 1.82) is 0 Å². The average Bonchev–Trinajstić information content (AvgIpc) is 2.54. The molecule has 140 valence electrons. The van der Waals surface area contributed by atoms with Gasteiger partial charge in [-0.3, -0.25) is 0 Å². The van der Waals surface area contributed by atoms with Gasteiger partial charge in [0.2, 0.25) is 0 Å². The molecule has 0 aromatic heterocycles. The molecule has 0 aromatic carbocycles. The average molecular weight is 336 g/mol. The van der Waals surface area contributed by atoms with E-state index in [9.17, 15) is 0 Å². The summed E-state index contributed by atoms with van der Waals surface area (Å²) in [5.74, 6) is 0. The highest BCUT2D eigenvalue weighted by Crippen LogP contribution is 1.99. The van der Waals surface area contributed by atoms with Gasteiger partial charge in [0.25, 0.3) is 0 Å². The molecule has 6 nitrogen and oxygen atoms in total. The molecule has 0 aliphatic rings. The van der Waals surface area contributed by atoms with Gasteiger partial charge in [0.15, 0.2) is 19.4 Å². The largest absolute Gasteiger partial charge is 0.379 e. The Morgan fingerprint density at radius 3 is 1.39 bits per heavy atom. The van der Waals surface area contributed by atoms with Crippen LogP contribution in [0.2, 0.25) is 0 Å². The second-order valence-corrected chi connectivity index (χ2v) is 5.26. The first-order valence-electron chi connectivity index (χ1n) is 8.82. The molecule has 0 aromatic rings. The molecule has 0 N–H and O–H groups in total. The SMILES string of the molecule is CCCCOCCOC(C)OCOC(C)OCCOCCCC. The summed E-state index contributed by atoms with van der Waals surface area (Å²) in [6.07, 6.45) is 3.80. The van der Waals surface area contributed by atoms with Crippen molar-refractivity contribution >= 4 is 0 Å². The summed E-state index contributed by atoms with van der Waals surface area (Å²) in [6.45, 7) is 11.9. The Labute approximate surface area is 141 Å². The molecule has 0 heterocycles. The van der Waals surface area contributed by atoms with Crippen LogP contribution in [0.25, 0.3) is 0 Å². The van der Waals surface area contributed by atoms with Crippen molar-refractivity contribution in [1.82, 2.24) is 0 Å². The van der Waals surface area contributed by atoms with E-state index in [2.05, 4.69) is 13.8 Å². The maximum Gasteiger partial charge on any atom is 0.157 e. The van der Waals surface area contributed by atoms with E-state index in [0.717, 1.165) is 38.9 Å². The zero-order valence-electron chi connectivity index (χ0n) is 15.4. The van der Waals surface area contributed by atoms with Crippen LogP contribution in [-0.4, -0.2) is 59.0 Å². The van der Waals surface area contributed by atoms with Crippen LogP contribution in [0.1, 0.15) is 53.4 Å². The summed E-state index contributed by atoms with van der Waals surface area (Å²) in [5.41, 5.74) is 0. The van der Waals surface area contributed by atoms with Gasteiger partial charge in [-0.15, -0.1) is 0 Å². The highest BCUT2D eigenvalue weighted by Gasteiger charge is 2.05. The summed E-state index contributed by atoms with van der Waals surface area (Å²) in [4.78, 5) is 0. The minimum atomic E-state index is -0.325. The van der Waals surface area contributed by atoms with Gasteiger partial charge in [-0.25, -0.2) is 0 Å². The van der Waals surface area contributed by atoms with Gasteiger partial charge in [-0.05, 0) is 26.7 Å². The Morgan fingerprint density at radius 1 is 0.565 bits per heavy atom. The van der Waals surface area contributed by atoms with E-state index in [1.165, 1.54) is 0 Å². The van der Waals surface area contributed by atoms with Crippen LogP contribution < -0.4 is 0 Å². The quantitative estimate of drug-likeness (QED) is 0.283. The third-order valence-corrected chi connectivity index (χ3v) is 3.05. The topological polar surface area (TPSA) is 55.4 Å². The Hall–Kier alpha value is -0.240. The molecule has 2 atom stereocenters. The fraction of sp³-hybridized carbons (Fsp3) is 1.00. The lowest BCUT2D eigenvalue weighted by Gasteiger charge is -2.17. The van der Waals surface area contributed by atoms with Crippen LogP contribution in [0.3, 0.4) is 0 Å². The summed E-state index contributed by atoms with van der Waals surface area (Å²) in [6, 6.07) is 0. The molecular formula is C17H36O6. The molecule has 0 amide bonds.